The molecule has 1 aromatic rings. The first-order valence-electron chi connectivity index (χ1n) is 8.31. The van der Waals surface area contributed by atoms with E-state index in [0.717, 1.165) is 16.7 Å². The molecule has 0 radical (unpaired) electrons. The topological polar surface area (TPSA) is 126 Å². The number of nitrogen functional groups attached to an aromatic ring is 1. The van der Waals surface area contributed by atoms with Gasteiger partial charge in [-0.05, 0) is 25.0 Å². The lowest BCUT2D eigenvalue weighted by atomic mass is 9.88. The number of hydrogen-bond donors (Lipinski definition) is 4. The van der Waals surface area contributed by atoms with Crippen LogP contribution in [0, 0.1) is 6.92 Å². The van der Waals surface area contributed by atoms with Crippen LogP contribution in [0.1, 0.15) is 32.0 Å². The van der Waals surface area contributed by atoms with Crippen molar-refractivity contribution < 1.29 is 4.79 Å². The van der Waals surface area contributed by atoms with Crippen LogP contribution in [-0.2, 0) is 4.79 Å². The van der Waals surface area contributed by atoms with E-state index < -0.39 is 0 Å². The molecule has 6 N–H and O–H groups in total. The number of carbonyl (C=O) groups excluding carboxylic acids is 1. The van der Waals surface area contributed by atoms with Crippen LogP contribution < -0.4 is 22.3 Å². The van der Waals surface area contributed by atoms with Gasteiger partial charge >= 0.3 is 0 Å². The highest BCUT2D eigenvalue weighted by molar-refractivity contribution is 8.00. The average molecular weight is 375 g/mol. The Bertz CT molecular complexity index is 867. The van der Waals surface area contributed by atoms with Crippen LogP contribution in [0.15, 0.2) is 32.4 Å². The van der Waals surface area contributed by atoms with Gasteiger partial charge in [0.05, 0.1) is 6.04 Å². The number of aliphatic imine (C=N–C) groups is 1. The molecule has 2 heterocycles. The van der Waals surface area contributed by atoms with Gasteiger partial charge in [-0.3, -0.25) is 14.6 Å². The second-order valence-electron chi connectivity index (χ2n) is 6.43. The molecule has 0 bridgehead atoms. The molecule has 0 aliphatic carbocycles. The van der Waals surface area contributed by atoms with Crippen LogP contribution in [-0.4, -0.2) is 35.1 Å². The van der Waals surface area contributed by atoms with Crippen molar-refractivity contribution in [2.45, 2.75) is 43.9 Å². The Morgan fingerprint density at radius 3 is 2.65 bits per heavy atom. The molecule has 1 aliphatic heterocycles. The molecule has 1 aromatic heterocycles. The number of nitrogens with two attached hydrogens (primary N) is 2. The summed E-state index contributed by atoms with van der Waals surface area (Å²) in [6, 6.07) is -0.191. The van der Waals surface area contributed by atoms with Gasteiger partial charge in [0, 0.05) is 33.5 Å². The van der Waals surface area contributed by atoms with Gasteiger partial charge in [-0.25, -0.2) is 0 Å². The monoisotopic (exact) mass is 375 g/mol. The van der Waals surface area contributed by atoms with Gasteiger partial charge < -0.3 is 21.8 Å². The van der Waals surface area contributed by atoms with E-state index in [-0.39, 0.29) is 29.1 Å². The SMILES string of the molecule is C=C1C(CNC=O)=C(c2c(C)[nH]c(=O)c(N)c2SC(C)C)C(N)=NC1C. The Morgan fingerprint density at radius 1 is 1.42 bits per heavy atom. The zero-order valence-electron chi connectivity index (χ0n) is 15.5. The van der Waals surface area contributed by atoms with Crippen LogP contribution in [0.4, 0.5) is 5.69 Å². The number of thioether (sulfide) groups is 1. The highest BCUT2D eigenvalue weighted by Gasteiger charge is 2.28. The van der Waals surface area contributed by atoms with E-state index in [0.29, 0.717) is 28.4 Å². The van der Waals surface area contributed by atoms with Crippen molar-refractivity contribution in [1.29, 1.82) is 0 Å². The average Bonchev–Trinajstić information content (AvgIpc) is 2.55. The minimum atomic E-state index is -0.332. The summed E-state index contributed by atoms with van der Waals surface area (Å²) in [5, 5.41) is 2.88. The number of aryl methyl sites for hydroxylation is 1. The number of nitrogens with one attached hydrogen (secondary N) is 2. The number of amides is 1. The number of H-pyrrole nitrogens is 1. The molecule has 0 spiro atoms. The summed E-state index contributed by atoms with van der Waals surface area (Å²) in [6.07, 6.45) is 0.627. The number of rotatable bonds is 6. The first kappa shape index (κ1) is 19.8. The largest absolute Gasteiger partial charge is 0.393 e. The lowest BCUT2D eigenvalue weighted by molar-refractivity contribution is -0.109. The fourth-order valence-electron chi connectivity index (χ4n) is 2.91. The summed E-state index contributed by atoms with van der Waals surface area (Å²) < 4.78 is 0. The van der Waals surface area contributed by atoms with Crippen molar-refractivity contribution in [1.82, 2.24) is 10.3 Å². The quantitative estimate of drug-likeness (QED) is 0.443. The lowest BCUT2D eigenvalue weighted by Gasteiger charge is -2.27. The summed E-state index contributed by atoms with van der Waals surface area (Å²) in [5.74, 6) is 0.341. The van der Waals surface area contributed by atoms with Crippen molar-refractivity contribution in [3.05, 3.63) is 39.3 Å². The summed E-state index contributed by atoms with van der Waals surface area (Å²) in [4.78, 5) is 30.9. The van der Waals surface area contributed by atoms with Crippen LogP contribution in [0.3, 0.4) is 0 Å². The maximum absolute atomic E-state index is 12.2. The first-order valence-corrected chi connectivity index (χ1v) is 9.19. The summed E-state index contributed by atoms with van der Waals surface area (Å²) in [6.45, 7) is 12.1. The molecule has 0 saturated carbocycles. The molecule has 1 unspecified atom stereocenters. The molecule has 7 nitrogen and oxygen atoms in total. The highest BCUT2D eigenvalue weighted by atomic mass is 32.2. The number of hydrogen-bond acceptors (Lipinski definition) is 6. The number of aromatic nitrogens is 1. The lowest BCUT2D eigenvalue weighted by Crippen LogP contribution is -2.31. The first-order chi connectivity index (χ1) is 12.2. The molecule has 1 atom stereocenters. The zero-order chi connectivity index (χ0) is 19.6. The number of aromatic amines is 1. The smallest absolute Gasteiger partial charge is 0.272 e. The third-order valence-corrected chi connectivity index (χ3v) is 5.27. The number of carbonyl (C=O) groups is 1. The Labute approximate surface area is 157 Å². The second kappa shape index (κ2) is 7.82. The Balaban J connectivity index is 2.85. The number of pyridine rings is 1. The third kappa shape index (κ3) is 3.70. The number of anilines is 1. The molecular formula is C18H25N5O2S. The molecule has 0 aromatic carbocycles. The van der Waals surface area contributed by atoms with Gasteiger partial charge in [-0.2, -0.15) is 0 Å². The van der Waals surface area contributed by atoms with Crippen molar-refractivity contribution >= 4 is 35.3 Å². The maximum Gasteiger partial charge on any atom is 0.272 e. The second-order valence-corrected chi connectivity index (χ2v) is 8.02. The summed E-state index contributed by atoms with van der Waals surface area (Å²) in [5.41, 5.74) is 15.8. The summed E-state index contributed by atoms with van der Waals surface area (Å²) >= 11 is 1.49. The minimum Gasteiger partial charge on any atom is -0.393 e. The van der Waals surface area contributed by atoms with E-state index in [1.807, 2.05) is 20.8 Å². The molecular weight excluding hydrogens is 350 g/mol. The van der Waals surface area contributed by atoms with E-state index in [1.165, 1.54) is 11.8 Å². The van der Waals surface area contributed by atoms with Crippen LogP contribution >= 0.6 is 11.8 Å². The Hall–Kier alpha value is -2.48. The standard InChI is InChI=1S/C18H25N5O2S/c1-8(2)26-16-13(11(5)23-18(25)15(16)19)14-12(6-21-7-24)9(3)10(4)22-17(14)20/h7-8,10H,3,6,19H2,1-2,4-5H3,(H2,20,22)(H,21,24)(H,23,25). The summed E-state index contributed by atoms with van der Waals surface area (Å²) in [7, 11) is 0. The van der Waals surface area contributed by atoms with Crippen LogP contribution in [0.2, 0.25) is 0 Å². The van der Waals surface area contributed by atoms with Crippen molar-refractivity contribution in [3.63, 3.8) is 0 Å². The van der Waals surface area contributed by atoms with E-state index >= 15 is 0 Å². The molecule has 26 heavy (non-hydrogen) atoms. The highest BCUT2D eigenvalue weighted by Crippen LogP contribution is 2.39. The van der Waals surface area contributed by atoms with Gasteiger partial charge in [-0.15, -0.1) is 11.8 Å². The van der Waals surface area contributed by atoms with Gasteiger partial charge in [-0.1, -0.05) is 20.4 Å². The molecule has 1 amide bonds. The van der Waals surface area contributed by atoms with Crippen molar-refractivity contribution in [2.24, 2.45) is 10.7 Å². The fraction of sp³-hybridized carbons (Fsp3) is 0.389. The predicted octanol–water partition coefficient (Wildman–Crippen LogP) is 1.58. The van der Waals surface area contributed by atoms with Gasteiger partial charge in [0.1, 0.15) is 11.5 Å². The molecule has 140 valence electrons. The van der Waals surface area contributed by atoms with E-state index in [9.17, 15) is 9.59 Å². The minimum absolute atomic E-state index is 0.150. The van der Waals surface area contributed by atoms with Crippen LogP contribution in [0.25, 0.3) is 5.57 Å². The van der Waals surface area contributed by atoms with E-state index in [1.54, 1.807) is 6.92 Å². The van der Waals surface area contributed by atoms with Crippen molar-refractivity contribution in [2.75, 3.05) is 12.3 Å². The van der Waals surface area contributed by atoms with E-state index in [2.05, 4.69) is 21.9 Å². The molecule has 0 saturated heterocycles. The van der Waals surface area contributed by atoms with E-state index in [4.69, 9.17) is 11.5 Å². The number of amidine groups is 1. The number of nitrogens with zero attached hydrogens (tertiary/aromatic N) is 1. The Kier molecular flexibility index (Phi) is 5.97. The molecule has 0 fully saturated rings. The molecule has 8 heteroatoms. The van der Waals surface area contributed by atoms with Gasteiger partial charge in [0.25, 0.3) is 5.56 Å². The van der Waals surface area contributed by atoms with Crippen LogP contribution in [0.5, 0.6) is 0 Å². The van der Waals surface area contributed by atoms with Crippen molar-refractivity contribution in [3.8, 4) is 0 Å². The predicted molar refractivity (Wildman–Crippen MR) is 108 cm³/mol. The third-order valence-electron chi connectivity index (χ3n) is 4.14. The zero-order valence-corrected chi connectivity index (χ0v) is 16.3. The fourth-order valence-corrected chi connectivity index (χ4v) is 3.97. The maximum atomic E-state index is 12.2. The Morgan fingerprint density at radius 2 is 2.08 bits per heavy atom. The van der Waals surface area contributed by atoms with Gasteiger partial charge in [0.2, 0.25) is 6.41 Å². The number of dihydropyridines is 1. The molecule has 1 aliphatic rings. The molecule has 2 rings (SSSR count). The normalized spacial score (nSPS) is 17.5. The van der Waals surface area contributed by atoms with Gasteiger partial charge in [0.15, 0.2) is 0 Å².